The Balaban J connectivity index is -0.000000256. The molecule has 0 aromatic heterocycles. The van der Waals surface area contributed by atoms with Crippen LogP contribution in [0.25, 0.3) is 0 Å². The second-order valence-electron chi connectivity index (χ2n) is 3.78. The third-order valence-corrected chi connectivity index (χ3v) is 2.37. The smallest absolute Gasteiger partial charge is 0.138 e. The van der Waals surface area contributed by atoms with E-state index in [-0.39, 0.29) is 33.9 Å². The summed E-state index contributed by atoms with van der Waals surface area (Å²) in [5.74, 6) is -5.04. The molecule has 0 aromatic carbocycles. The Morgan fingerprint density at radius 3 is 1.00 bits per heavy atom. The molecule has 2 atom stereocenters. The summed E-state index contributed by atoms with van der Waals surface area (Å²) in [6.45, 7) is 5.79. The first kappa shape index (κ1) is 23.1. The van der Waals surface area contributed by atoms with Crippen LogP contribution < -0.4 is 10.2 Å². The third-order valence-electron chi connectivity index (χ3n) is 2.37. The summed E-state index contributed by atoms with van der Waals surface area (Å²) >= 11 is 0. The van der Waals surface area contributed by atoms with Gasteiger partial charge in [0.15, 0.2) is 0 Å². The minimum Gasteiger partial charge on any atom is -0.549 e. The molecule has 1 radical (unpaired) electrons. The first-order valence-electron chi connectivity index (χ1n) is 5.61. The number of aliphatic carboxylic acids is 2. The van der Waals surface area contributed by atoms with Gasteiger partial charge in [-0.15, -0.1) is 0 Å². The predicted octanol–water partition coefficient (Wildman–Crippen LogP) is -1.30. The molecule has 115 valence electrons. The monoisotopic (exact) mass is 365 g/mol. The minimum atomic E-state index is -1.27. The molecule has 7 heteroatoms. The molecular weight excluding hydrogens is 348 g/mol. The Hall–Kier alpha value is -0.980. The molecule has 0 heterocycles. The number of hydrogen-bond acceptors (Lipinski definition) is 6. The molecular formula is C12H18AgO6-2. The molecule has 19 heavy (non-hydrogen) atoms. The molecule has 0 bridgehead atoms. The summed E-state index contributed by atoms with van der Waals surface area (Å²) in [6, 6.07) is 0. The van der Waals surface area contributed by atoms with Gasteiger partial charge >= 0.3 is 0 Å². The second-order valence-corrected chi connectivity index (χ2v) is 3.78. The zero-order chi connectivity index (χ0) is 14.9. The number of ketones is 2. The van der Waals surface area contributed by atoms with E-state index in [1.54, 1.807) is 13.8 Å². The maximum Gasteiger partial charge on any atom is 0.138 e. The number of carbonyl (C=O) groups is 4. The van der Waals surface area contributed by atoms with Gasteiger partial charge in [0.25, 0.3) is 0 Å². The van der Waals surface area contributed by atoms with Gasteiger partial charge in [0.1, 0.15) is 11.6 Å². The summed E-state index contributed by atoms with van der Waals surface area (Å²) in [5, 5.41) is 20.1. The van der Waals surface area contributed by atoms with Crippen LogP contribution in [0.3, 0.4) is 0 Å². The van der Waals surface area contributed by atoms with E-state index in [0.717, 1.165) is 0 Å². The molecule has 0 aliphatic heterocycles. The average Bonchev–Trinajstić information content (AvgIpc) is 2.17. The Labute approximate surface area is 128 Å². The second kappa shape index (κ2) is 12.1. The van der Waals surface area contributed by atoms with Crippen molar-refractivity contribution in [3.8, 4) is 0 Å². The van der Waals surface area contributed by atoms with Gasteiger partial charge in [-0.05, 0) is 26.7 Å². The topological polar surface area (TPSA) is 114 Å². The number of carboxylic acid groups (broad SMARTS) is 2. The fourth-order valence-corrected chi connectivity index (χ4v) is 1.24. The van der Waals surface area contributed by atoms with Crippen molar-refractivity contribution in [3.63, 3.8) is 0 Å². The predicted molar refractivity (Wildman–Crippen MR) is 58.9 cm³/mol. The Bertz CT molecular complexity index is 266. The Morgan fingerprint density at radius 1 is 0.789 bits per heavy atom. The molecule has 6 nitrogen and oxygen atoms in total. The van der Waals surface area contributed by atoms with E-state index in [1.807, 2.05) is 0 Å². The quantitative estimate of drug-likeness (QED) is 0.426. The van der Waals surface area contributed by atoms with Gasteiger partial charge < -0.3 is 19.8 Å². The molecule has 0 saturated carbocycles. The van der Waals surface area contributed by atoms with Crippen molar-refractivity contribution >= 4 is 23.5 Å². The molecule has 0 spiro atoms. The SMILES string of the molecule is CCC(C(C)=O)C(=O)[O-].CCC(C(C)=O)C(=O)[O-].[Ag]. The van der Waals surface area contributed by atoms with Crippen LogP contribution in [-0.4, -0.2) is 23.5 Å². The van der Waals surface area contributed by atoms with Crippen molar-refractivity contribution in [1.82, 2.24) is 0 Å². The van der Waals surface area contributed by atoms with E-state index in [9.17, 15) is 29.4 Å². The molecule has 0 aliphatic carbocycles. The van der Waals surface area contributed by atoms with E-state index in [4.69, 9.17) is 0 Å². The van der Waals surface area contributed by atoms with Crippen LogP contribution in [0.4, 0.5) is 0 Å². The van der Waals surface area contributed by atoms with Crippen LogP contribution in [-0.2, 0) is 41.6 Å². The van der Waals surface area contributed by atoms with Crippen LogP contribution in [0.2, 0.25) is 0 Å². The number of rotatable bonds is 6. The van der Waals surface area contributed by atoms with Gasteiger partial charge in [0.05, 0.1) is 23.8 Å². The van der Waals surface area contributed by atoms with Crippen LogP contribution in [0, 0.1) is 11.8 Å². The van der Waals surface area contributed by atoms with Crippen LogP contribution >= 0.6 is 0 Å². The van der Waals surface area contributed by atoms with Gasteiger partial charge in [-0.1, -0.05) is 13.8 Å². The largest absolute Gasteiger partial charge is 0.549 e. The van der Waals surface area contributed by atoms with Crippen molar-refractivity contribution < 1.29 is 51.8 Å². The Kier molecular flexibility index (Phi) is 14.7. The van der Waals surface area contributed by atoms with Gasteiger partial charge in [-0.3, -0.25) is 9.59 Å². The summed E-state index contributed by atoms with van der Waals surface area (Å²) in [6.07, 6.45) is 0.634. The van der Waals surface area contributed by atoms with Gasteiger partial charge in [-0.2, -0.15) is 0 Å². The Morgan fingerprint density at radius 2 is 1.00 bits per heavy atom. The van der Waals surface area contributed by atoms with E-state index in [0.29, 0.717) is 12.8 Å². The molecule has 0 amide bonds. The third kappa shape index (κ3) is 10.6. The molecule has 0 saturated heterocycles. The fourth-order valence-electron chi connectivity index (χ4n) is 1.24. The number of carboxylic acids is 2. The average molecular weight is 366 g/mol. The number of carbonyl (C=O) groups excluding carboxylic acids is 4. The summed E-state index contributed by atoms with van der Waals surface area (Å²) in [5.41, 5.74) is 0. The molecule has 0 N–H and O–H groups in total. The van der Waals surface area contributed by atoms with Crippen LogP contribution in [0.15, 0.2) is 0 Å². The van der Waals surface area contributed by atoms with Crippen LogP contribution in [0.1, 0.15) is 40.5 Å². The van der Waals surface area contributed by atoms with E-state index in [2.05, 4.69) is 0 Å². The van der Waals surface area contributed by atoms with Gasteiger partial charge in [-0.25, -0.2) is 0 Å². The zero-order valence-corrected chi connectivity index (χ0v) is 12.8. The molecule has 0 rings (SSSR count). The summed E-state index contributed by atoms with van der Waals surface area (Å²) in [7, 11) is 0. The van der Waals surface area contributed by atoms with Crippen molar-refractivity contribution in [2.24, 2.45) is 11.8 Å². The molecule has 0 aliphatic rings. The fraction of sp³-hybridized carbons (Fsp3) is 0.667. The zero-order valence-electron chi connectivity index (χ0n) is 11.3. The van der Waals surface area contributed by atoms with E-state index in [1.165, 1.54) is 13.8 Å². The summed E-state index contributed by atoms with van der Waals surface area (Å²) < 4.78 is 0. The number of hydrogen-bond donors (Lipinski definition) is 0. The van der Waals surface area contributed by atoms with Crippen molar-refractivity contribution in [1.29, 1.82) is 0 Å². The van der Waals surface area contributed by atoms with Crippen molar-refractivity contribution in [2.45, 2.75) is 40.5 Å². The molecule has 2 unspecified atom stereocenters. The first-order valence-corrected chi connectivity index (χ1v) is 5.61. The van der Waals surface area contributed by atoms with Gasteiger partial charge in [0, 0.05) is 22.4 Å². The standard InChI is InChI=1S/2C6H10O3.Ag/c2*1-3-5(4(2)7)6(8)9;/h2*5H,3H2,1-2H3,(H,8,9);/p-2. The van der Waals surface area contributed by atoms with E-state index >= 15 is 0 Å². The van der Waals surface area contributed by atoms with Crippen molar-refractivity contribution in [3.05, 3.63) is 0 Å². The van der Waals surface area contributed by atoms with Crippen LogP contribution in [0.5, 0.6) is 0 Å². The maximum atomic E-state index is 10.4. The van der Waals surface area contributed by atoms with Gasteiger partial charge in [0.2, 0.25) is 0 Å². The minimum absolute atomic E-state index is 0. The first-order chi connectivity index (χ1) is 8.18. The molecule has 0 fully saturated rings. The maximum absolute atomic E-state index is 10.4. The normalized spacial score (nSPS) is 12.0. The van der Waals surface area contributed by atoms with E-state index < -0.39 is 23.8 Å². The van der Waals surface area contributed by atoms with Crippen molar-refractivity contribution in [2.75, 3.05) is 0 Å². The number of Topliss-reactive ketones (excluding diaryl/α,β-unsaturated/α-hetero) is 2. The molecule has 0 aromatic rings. The summed E-state index contributed by atoms with van der Waals surface area (Å²) in [4.78, 5) is 40.9.